The SMILES string of the molecule is CCn1cnc2c1c(=O)nc(Nc1ccc(OC(C)C)cc1)n2Cc1ccc(Cl)cc1. The Labute approximate surface area is 185 Å². The molecule has 0 aliphatic rings. The van der Waals surface area contributed by atoms with E-state index in [4.69, 9.17) is 16.3 Å². The first kappa shape index (κ1) is 20.9. The molecule has 0 atom stereocenters. The molecule has 0 aliphatic carbocycles. The van der Waals surface area contributed by atoms with Crippen LogP contribution in [0.5, 0.6) is 5.75 Å². The molecule has 0 saturated heterocycles. The largest absolute Gasteiger partial charge is 0.491 e. The zero-order chi connectivity index (χ0) is 22.0. The standard InChI is InChI=1S/C23H24ClN5O2/c1-4-28-14-25-21-20(28)22(30)27-23(29(21)13-16-5-7-17(24)8-6-16)26-18-9-11-19(12-10-18)31-15(2)3/h5-12,14-15H,4,13H2,1-3H3,(H,26,27,30). The minimum Gasteiger partial charge on any atom is -0.491 e. The van der Waals surface area contributed by atoms with Gasteiger partial charge in [-0.1, -0.05) is 23.7 Å². The van der Waals surface area contributed by atoms with Crippen LogP contribution in [-0.4, -0.2) is 25.2 Å². The van der Waals surface area contributed by atoms with Crippen LogP contribution in [0.1, 0.15) is 26.3 Å². The zero-order valence-electron chi connectivity index (χ0n) is 17.7. The summed E-state index contributed by atoms with van der Waals surface area (Å²) in [6.45, 7) is 7.06. The number of benzene rings is 2. The van der Waals surface area contributed by atoms with Crippen LogP contribution in [0.25, 0.3) is 11.2 Å². The van der Waals surface area contributed by atoms with Gasteiger partial charge >= 0.3 is 5.56 Å². The van der Waals surface area contributed by atoms with Crippen molar-refractivity contribution in [3.8, 4) is 5.75 Å². The first-order chi connectivity index (χ1) is 14.9. The van der Waals surface area contributed by atoms with Crippen molar-refractivity contribution in [1.82, 2.24) is 19.1 Å². The van der Waals surface area contributed by atoms with Crippen LogP contribution in [0.3, 0.4) is 0 Å². The fraction of sp³-hybridized carbons (Fsp3) is 0.261. The number of nitrogens with zero attached hydrogens (tertiary/aromatic N) is 4. The summed E-state index contributed by atoms with van der Waals surface area (Å²) in [6, 6.07) is 15.1. The van der Waals surface area contributed by atoms with Gasteiger partial charge in [0.25, 0.3) is 0 Å². The second-order valence-corrected chi connectivity index (χ2v) is 7.91. The van der Waals surface area contributed by atoms with Crippen LogP contribution in [0, 0.1) is 0 Å². The molecule has 0 fully saturated rings. The lowest BCUT2D eigenvalue weighted by Gasteiger charge is -2.16. The number of rotatable bonds is 7. The highest BCUT2D eigenvalue weighted by molar-refractivity contribution is 6.30. The molecular formula is C23H24ClN5O2. The van der Waals surface area contributed by atoms with Crippen molar-refractivity contribution in [2.45, 2.75) is 40.0 Å². The summed E-state index contributed by atoms with van der Waals surface area (Å²) in [5, 5.41) is 3.94. The highest BCUT2D eigenvalue weighted by Crippen LogP contribution is 2.23. The van der Waals surface area contributed by atoms with E-state index in [0.29, 0.717) is 35.2 Å². The fourth-order valence-electron chi connectivity index (χ4n) is 3.37. The molecule has 0 unspecified atom stereocenters. The van der Waals surface area contributed by atoms with Gasteiger partial charge in [-0.2, -0.15) is 4.98 Å². The maximum Gasteiger partial charge on any atom is 0.300 e. The average molecular weight is 438 g/mol. The molecule has 0 spiro atoms. The number of anilines is 2. The Balaban J connectivity index is 1.76. The van der Waals surface area contributed by atoms with E-state index in [0.717, 1.165) is 17.0 Å². The molecule has 2 heterocycles. The predicted molar refractivity (Wildman–Crippen MR) is 124 cm³/mol. The van der Waals surface area contributed by atoms with Crippen molar-refractivity contribution >= 4 is 34.4 Å². The van der Waals surface area contributed by atoms with E-state index in [1.165, 1.54) is 0 Å². The Morgan fingerprint density at radius 2 is 1.81 bits per heavy atom. The van der Waals surface area contributed by atoms with Gasteiger partial charge in [0.15, 0.2) is 11.2 Å². The van der Waals surface area contributed by atoms with Gasteiger partial charge in [0.2, 0.25) is 5.95 Å². The van der Waals surface area contributed by atoms with E-state index in [2.05, 4.69) is 15.3 Å². The van der Waals surface area contributed by atoms with Crippen molar-refractivity contribution in [1.29, 1.82) is 0 Å². The van der Waals surface area contributed by atoms with Crippen LogP contribution in [-0.2, 0) is 13.1 Å². The second-order valence-electron chi connectivity index (χ2n) is 7.47. The maximum absolute atomic E-state index is 12.8. The van der Waals surface area contributed by atoms with Crippen molar-refractivity contribution in [2.24, 2.45) is 0 Å². The van der Waals surface area contributed by atoms with Crippen molar-refractivity contribution in [3.05, 3.63) is 75.8 Å². The van der Waals surface area contributed by atoms with E-state index in [9.17, 15) is 4.79 Å². The summed E-state index contributed by atoms with van der Waals surface area (Å²) < 4.78 is 9.42. The number of hydrogen-bond acceptors (Lipinski definition) is 5. The monoisotopic (exact) mass is 437 g/mol. The maximum atomic E-state index is 12.8. The summed E-state index contributed by atoms with van der Waals surface area (Å²) in [7, 11) is 0. The quantitative estimate of drug-likeness (QED) is 0.447. The topological polar surface area (TPSA) is 74.0 Å². The molecule has 0 aliphatic heterocycles. The molecule has 1 N–H and O–H groups in total. The summed E-state index contributed by atoms with van der Waals surface area (Å²) in [5.41, 5.74) is 2.57. The Bertz CT molecular complexity index is 1240. The molecule has 160 valence electrons. The number of ether oxygens (including phenoxy) is 1. The van der Waals surface area contributed by atoms with Gasteiger partial charge in [-0.15, -0.1) is 0 Å². The van der Waals surface area contributed by atoms with Crippen LogP contribution in [0.4, 0.5) is 11.6 Å². The molecule has 2 aromatic heterocycles. The van der Waals surface area contributed by atoms with Gasteiger partial charge < -0.3 is 14.6 Å². The number of aromatic nitrogens is 4. The van der Waals surface area contributed by atoms with Gasteiger partial charge in [-0.25, -0.2) is 4.98 Å². The molecule has 4 aromatic rings. The molecule has 0 amide bonds. The van der Waals surface area contributed by atoms with Crippen LogP contribution >= 0.6 is 11.6 Å². The highest BCUT2D eigenvalue weighted by atomic mass is 35.5. The summed E-state index contributed by atoms with van der Waals surface area (Å²) in [6.07, 6.45) is 1.77. The normalized spacial score (nSPS) is 11.3. The molecule has 0 radical (unpaired) electrons. The molecule has 7 nitrogen and oxygen atoms in total. The Morgan fingerprint density at radius 1 is 1.10 bits per heavy atom. The minimum atomic E-state index is -0.316. The number of fused-ring (bicyclic) bond motifs is 1. The molecule has 31 heavy (non-hydrogen) atoms. The third-order valence-electron chi connectivity index (χ3n) is 4.82. The van der Waals surface area contributed by atoms with Gasteiger partial charge in [-0.05, 0) is 62.7 Å². The summed E-state index contributed by atoms with van der Waals surface area (Å²) in [5.74, 6) is 1.20. The third-order valence-corrected chi connectivity index (χ3v) is 5.07. The van der Waals surface area contributed by atoms with Crippen molar-refractivity contribution in [3.63, 3.8) is 0 Å². The predicted octanol–water partition coefficient (Wildman–Crippen LogP) is 4.85. The van der Waals surface area contributed by atoms with Gasteiger partial charge in [0.1, 0.15) is 5.75 Å². The van der Waals surface area contributed by atoms with E-state index in [1.54, 1.807) is 6.33 Å². The van der Waals surface area contributed by atoms with Crippen LogP contribution in [0.2, 0.25) is 5.02 Å². The van der Waals surface area contributed by atoms with Gasteiger partial charge in [0.05, 0.1) is 19.0 Å². The Morgan fingerprint density at radius 3 is 2.45 bits per heavy atom. The summed E-state index contributed by atoms with van der Waals surface area (Å²) in [4.78, 5) is 21.6. The van der Waals surface area contributed by atoms with Crippen LogP contribution < -0.4 is 15.6 Å². The van der Waals surface area contributed by atoms with E-state index in [1.807, 2.05) is 78.4 Å². The first-order valence-electron chi connectivity index (χ1n) is 10.2. The second kappa shape index (κ2) is 8.81. The Hall–Kier alpha value is -3.32. The lowest BCUT2D eigenvalue weighted by atomic mass is 10.2. The first-order valence-corrected chi connectivity index (χ1v) is 10.6. The molecule has 0 bridgehead atoms. The Kier molecular flexibility index (Phi) is 5.95. The average Bonchev–Trinajstić information content (AvgIpc) is 3.18. The highest BCUT2D eigenvalue weighted by Gasteiger charge is 2.16. The number of imidazole rings is 1. The molecule has 2 aromatic carbocycles. The number of nitrogens with one attached hydrogen (secondary N) is 1. The zero-order valence-corrected chi connectivity index (χ0v) is 18.4. The van der Waals surface area contributed by atoms with E-state index in [-0.39, 0.29) is 11.7 Å². The smallest absolute Gasteiger partial charge is 0.300 e. The van der Waals surface area contributed by atoms with E-state index < -0.39 is 0 Å². The molecular weight excluding hydrogens is 414 g/mol. The van der Waals surface area contributed by atoms with E-state index >= 15 is 0 Å². The van der Waals surface area contributed by atoms with Gasteiger partial charge in [-0.3, -0.25) is 9.36 Å². The lowest BCUT2D eigenvalue weighted by Crippen LogP contribution is -2.20. The van der Waals surface area contributed by atoms with Crippen LogP contribution in [0.15, 0.2) is 59.7 Å². The van der Waals surface area contributed by atoms with Crippen molar-refractivity contribution in [2.75, 3.05) is 5.32 Å². The molecule has 0 saturated carbocycles. The fourth-order valence-corrected chi connectivity index (χ4v) is 3.50. The third kappa shape index (κ3) is 4.56. The molecule has 4 rings (SSSR count). The minimum absolute atomic E-state index is 0.0983. The van der Waals surface area contributed by atoms with Crippen molar-refractivity contribution < 1.29 is 4.74 Å². The van der Waals surface area contributed by atoms with Gasteiger partial charge in [0, 0.05) is 17.3 Å². The molecule has 8 heteroatoms. The number of hydrogen-bond donors (Lipinski definition) is 1. The number of aryl methyl sites for hydroxylation is 1. The summed E-state index contributed by atoms with van der Waals surface area (Å²) >= 11 is 6.04. The lowest BCUT2D eigenvalue weighted by molar-refractivity contribution is 0.242. The number of halogens is 1.